The number of aryl methyl sites for hydroxylation is 2. The van der Waals surface area contributed by atoms with Crippen LogP contribution >= 0.6 is 11.6 Å². The number of halogens is 1. The first-order valence-electron chi connectivity index (χ1n) is 11.4. The molecule has 3 aromatic carbocycles. The smallest absolute Gasteiger partial charge is 0.335 e. The number of nitrogens with zero attached hydrogens (tertiary/aromatic N) is 1. The quantitative estimate of drug-likeness (QED) is 0.334. The third kappa shape index (κ3) is 5.26. The lowest BCUT2D eigenvalue weighted by Crippen LogP contribution is -2.54. The van der Waals surface area contributed by atoms with Crippen molar-refractivity contribution in [2.24, 2.45) is 0 Å². The third-order valence-electron chi connectivity index (χ3n) is 5.71. The number of barbiturate groups is 1. The highest BCUT2D eigenvalue weighted by atomic mass is 35.5. The molecule has 1 fully saturated rings. The van der Waals surface area contributed by atoms with Crippen LogP contribution in [0.5, 0.6) is 11.5 Å². The zero-order chi connectivity index (χ0) is 25.8. The van der Waals surface area contributed by atoms with Crippen LogP contribution in [0.15, 0.2) is 66.2 Å². The largest absolute Gasteiger partial charge is 0.490 e. The van der Waals surface area contributed by atoms with Crippen molar-refractivity contribution in [3.63, 3.8) is 0 Å². The van der Waals surface area contributed by atoms with Gasteiger partial charge in [-0.1, -0.05) is 48.0 Å². The molecule has 0 unspecified atom stereocenters. The first-order chi connectivity index (χ1) is 17.3. The van der Waals surface area contributed by atoms with Crippen molar-refractivity contribution < 1.29 is 23.9 Å². The summed E-state index contributed by atoms with van der Waals surface area (Å²) in [5.41, 5.74) is 3.92. The Labute approximate surface area is 214 Å². The summed E-state index contributed by atoms with van der Waals surface area (Å²) in [5.74, 6) is -0.792. The highest BCUT2D eigenvalue weighted by Crippen LogP contribution is 2.38. The van der Waals surface area contributed by atoms with Gasteiger partial charge in [-0.2, -0.15) is 0 Å². The molecule has 0 bridgehead atoms. The number of rotatable bonds is 7. The number of imide groups is 2. The molecule has 3 aromatic rings. The maximum atomic E-state index is 13.1. The van der Waals surface area contributed by atoms with E-state index in [9.17, 15) is 14.4 Å². The predicted molar refractivity (Wildman–Crippen MR) is 138 cm³/mol. The van der Waals surface area contributed by atoms with Crippen LogP contribution in [0.25, 0.3) is 6.08 Å². The molecule has 0 aromatic heterocycles. The normalized spacial score (nSPS) is 14.7. The first kappa shape index (κ1) is 25.0. The molecule has 0 radical (unpaired) electrons. The maximum absolute atomic E-state index is 13.1. The van der Waals surface area contributed by atoms with Gasteiger partial charge in [0.1, 0.15) is 12.2 Å². The lowest BCUT2D eigenvalue weighted by atomic mass is 10.1. The minimum atomic E-state index is -0.809. The maximum Gasteiger partial charge on any atom is 0.335 e. The molecule has 0 atom stereocenters. The summed E-state index contributed by atoms with van der Waals surface area (Å²) in [5, 5.41) is 2.47. The van der Waals surface area contributed by atoms with Crippen LogP contribution in [0.3, 0.4) is 0 Å². The van der Waals surface area contributed by atoms with E-state index < -0.39 is 17.8 Å². The van der Waals surface area contributed by atoms with Gasteiger partial charge in [-0.25, -0.2) is 9.69 Å². The minimum absolute atomic E-state index is 0.208. The van der Waals surface area contributed by atoms with Gasteiger partial charge in [0.25, 0.3) is 11.8 Å². The van der Waals surface area contributed by atoms with E-state index in [1.807, 2.05) is 32.9 Å². The number of benzene rings is 3. The van der Waals surface area contributed by atoms with E-state index in [0.29, 0.717) is 29.4 Å². The van der Waals surface area contributed by atoms with Gasteiger partial charge in [-0.05, 0) is 73.4 Å². The number of urea groups is 1. The van der Waals surface area contributed by atoms with Gasteiger partial charge in [0.05, 0.1) is 17.3 Å². The van der Waals surface area contributed by atoms with Crippen molar-refractivity contribution >= 4 is 41.2 Å². The van der Waals surface area contributed by atoms with E-state index in [-0.39, 0.29) is 17.2 Å². The molecule has 0 saturated carbocycles. The summed E-state index contributed by atoms with van der Waals surface area (Å²) in [6.07, 6.45) is 1.38. The molecule has 1 aliphatic rings. The molecule has 4 amide bonds. The average molecular weight is 505 g/mol. The topological polar surface area (TPSA) is 84.9 Å². The fourth-order valence-electron chi connectivity index (χ4n) is 3.76. The molecule has 4 rings (SSSR count). The number of anilines is 1. The second-order valence-electron chi connectivity index (χ2n) is 8.26. The fraction of sp³-hybridized carbons (Fsp3) is 0.179. The lowest BCUT2D eigenvalue weighted by molar-refractivity contribution is -0.122. The van der Waals surface area contributed by atoms with E-state index in [2.05, 4.69) is 11.4 Å². The van der Waals surface area contributed by atoms with E-state index >= 15 is 0 Å². The SMILES string of the molecule is CCOc1cc(/C=C2\C(=O)NC(=O)N(c3ccccc3)C2=O)cc(Cl)c1OCc1ccc(C)c(C)c1. The molecule has 8 heteroatoms. The van der Waals surface area contributed by atoms with Crippen molar-refractivity contribution in [1.82, 2.24) is 5.32 Å². The Hall–Kier alpha value is -4.10. The Morgan fingerprint density at radius 1 is 0.944 bits per heavy atom. The summed E-state index contributed by atoms with van der Waals surface area (Å²) in [6.45, 7) is 6.55. The number of ether oxygens (including phenoxy) is 2. The minimum Gasteiger partial charge on any atom is -0.490 e. The molecule has 1 saturated heterocycles. The van der Waals surface area contributed by atoms with Crippen LogP contribution in [-0.2, 0) is 16.2 Å². The van der Waals surface area contributed by atoms with Crippen LogP contribution in [0.1, 0.15) is 29.2 Å². The third-order valence-corrected chi connectivity index (χ3v) is 5.99. The Morgan fingerprint density at radius 2 is 1.69 bits per heavy atom. The molecule has 7 nitrogen and oxygen atoms in total. The fourth-order valence-corrected chi connectivity index (χ4v) is 4.03. The van der Waals surface area contributed by atoms with E-state index in [1.165, 1.54) is 11.6 Å². The summed E-state index contributed by atoms with van der Waals surface area (Å²) in [7, 11) is 0. The molecular formula is C28H25ClN2O5. The zero-order valence-corrected chi connectivity index (χ0v) is 20.9. The van der Waals surface area contributed by atoms with Gasteiger partial charge in [0.2, 0.25) is 0 Å². The molecule has 0 aliphatic carbocycles. The molecule has 36 heavy (non-hydrogen) atoms. The number of hydrogen-bond donors (Lipinski definition) is 1. The standard InChI is InChI=1S/C28H25ClN2O5/c1-4-35-24-15-20(14-23(29)25(24)36-16-19-11-10-17(2)18(3)12-19)13-22-26(32)30-28(34)31(27(22)33)21-8-6-5-7-9-21/h5-15H,4,16H2,1-3H3,(H,30,32,34)/b22-13+. The summed E-state index contributed by atoms with van der Waals surface area (Å²) in [6, 6.07) is 16.9. The summed E-state index contributed by atoms with van der Waals surface area (Å²) >= 11 is 6.55. The van der Waals surface area contributed by atoms with Crippen LogP contribution in [0.4, 0.5) is 10.5 Å². The second-order valence-corrected chi connectivity index (χ2v) is 8.67. The van der Waals surface area contributed by atoms with Crippen molar-refractivity contribution in [3.8, 4) is 11.5 Å². The van der Waals surface area contributed by atoms with E-state index in [1.54, 1.807) is 42.5 Å². The van der Waals surface area contributed by atoms with Crippen molar-refractivity contribution in [2.75, 3.05) is 11.5 Å². The number of nitrogens with one attached hydrogen (secondary N) is 1. The molecule has 0 spiro atoms. The van der Waals surface area contributed by atoms with Gasteiger partial charge in [-0.15, -0.1) is 0 Å². The predicted octanol–water partition coefficient (Wildman–Crippen LogP) is 5.60. The Morgan fingerprint density at radius 3 is 2.39 bits per heavy atom. The van der Waals surface area contributed by atoms with Gasteiger partial charge < -0.3 is 9.47 Å². The molecule has 1 heterocycles. The Balaban J connectivity index is 1.65. The van der Waals surface area contributed by atoms with Crippen LogP contribution in [-0.4, -0.2) is 24.5 Å². The molecule has 184 valence electrons. The molecule has 1 aliphatic heterocycles. The first-order valence-corrected chi connectivity index (χ1v) is 11.8. The average Bonchev–Trinajstić information content (AvgIpc) is 2.84. The van der Waals surface area contributed by atoms with Gasteiger partial charge in [0.15, 0.2) is 11.5 Å². The lowest BCUT2D eigenvalue weighted by Gasteiger charge is -2.26. The van der Waals surface area contributed by atoms with Gasteiger partial charge >= 0.3 is 6.03 Å². The van der Waals surface area contributed by atoms with Crippen molar-refractivity contribution in [2.45, 2.75) is 27.4 Å². The highest BCUT2D eigenvalue weighted by Gasteiger charge is 2.36. The van der Waals surface area contributed by atoms with Crippen LogP contribution in [0.2, 0.25) is 5.02 Å². The number of para-hydroxylation sites is 1. The number of carbonyl (C=O) groups excluding carboxylic acids is 3. The summed E-state index contributed by atoms with van der Waals surface area (Å²) in [4.78, 5) is 38.9. The van der Waals surface area contributed by atoms with Gasteiger partial charge in [-0.3, -0.25) is 14.9 Å². The molecular weight excluding hydrogens is 480 g/mol. The van der Waals surface area contributed by atoms with Crippen molar-refractivity contribution in [3.05, 3.63) is 93.5 Å². The highest BCUT2D eigenvalue weighted by molar-refractivity contribution is 6.39. The van der Waals surface area contributed by atoms with E-state index in [4.69, 9.17) is 21.1 Å². The Kier molecular flexibility index (Phi) is 7.41. The number of hydrogen-bond acceptors (Lipinski definition) is 5. The monoisotopic (exact) mass is 504 g/mol. The second kappa shape index (κ2) is 10.7. The molecule has 1 N–H and O–H groups in total. The Bertz CT molecular complexity index is 1370. The van der Waals surface area contributed by atoms with Crippen LogP contribution < -0.4 is 19.7 Å². The van der Waals surface area contributed by atoms with Crippen LogP contribution in [0, 0.1) is 13.8 Å². The van der Waals surface area contributed by atoms with Crippen molar-refractivity contribution in [1.29, 1.82) is 0 Å². The zero-order valence-electron chi connectivity index (χ0n) is 20.1. The van der Waals surface area contributed by atoms with E-state index in [0.717, 1.165) is 16.0 Å². The van der Waals surface area contributed by atoms with Gasteiger partial charge in [0, 0.05) is 0 Å². The summed E-state index contributed by atoms with van der Waals surface area (Å²) < 4.78 is 11.8. The number of carbonyl (C=O) groups is 3. The number of amides is 4.